The fourth-order valence-electron chi connectivity index (χ4n) is 3.67. The minimum Gasteiger partial charge on any atom is -0.457 e. The third-order valence-corrected chi connectivity index (χ3v) is 5.86. The average molecular weight is 479 g/mol. The van der Waals surface area contributed by atoms with E-state index in [4.69, 9.17) is 21.1 Å². The third-order valence-electron chi connectivity index (χ3n) is 5.45. The number of nitrogens with zero attached hydrogens (tertiary/aromatic N) is 1. The number of carbonyl (C=O) groups is 3. The van der Waals surface area contributed by atoms with E-state index in [0.29, 0.717) is 27.9 Å². The van der Waals surface area contributed by atoms with Crippen molar-refractivity contribution in [3.8, 4) is 11.5 Å². The zero-order chi connectivity index (χ0) is 24.1. The quantitative estimate of drug-likeness (QED) is 0.484. The van der Waals surface area contributed by atoms with E-state index in [2.05, 4.69) is 5.32 Å². The van der Waals surface area contributed by atoms with Gasteiger partial charge >= 0.3 is 5.97 Å². The van der Waals surface area contributed by atoms with Gasteiger partial charge < -0.3 is 19.7 Å². The number of esters is 1. The molecule has 0 unspecified atom stereocenters. The molecule has 3 aromatic carbocycles. The molecule has 1 aliphatic rings. The number of anilines is 2. The number of hydrogen-bond donors (Lipinski definition) is 1. The Bertz CT molecular complexity index is 1200. The molecule has 3 aromatic rings. The highest BCUT2D eigenvalue weighted by Crippen LogP contribution is 2.31. The topological polar surface area (TPSA) is 84.9 Å². The predicted molar refractivity (Wildman–Crippen MR) is 129 cm³/mol. The molecule has 0 bridgehead atoms. The molecule has 34 heavy (non-hydrogen) atoms. The average Bonchev–Trinajstić information content (AvgIpc) is 3.22. The zero-order valence-corrected chi connectivity index (χ0v) is 19.2. The first-order valence-corrected chi connectivity index (χ1v) is 11.1. The van der Waals surface area contributed by atoms with Crippen molar-refractivity contribution in [2.75, 3.05) is 23.4 Å². The lowest BCUT2D eigenvalue weighted by atomic mass is 10.1. The van der Waals surface area contributed by atoms with E-state index in [1.165, 1.54) is 4.90 Å². The monoisotopic (exact) mass is 478 g/mol. The van der Waals surface area contributed by atoms with Crippen molar-refractivity contribution in [2.24, 2.45) is 5.92 Å². The van der Waals surface area contributed by atoms with Crippen LogP contribution in [0.4, 0.5) is 11.4 Å². The number of amides is 2. The largest absolute Gasteiger partial charge is 0.457 e. The molecule has 0 radical (unpaired) electrons. The molecule has 2 amide bonds. The van der Waals surface area contributed by atoms with Gasteiger partial charge in [0.1, 0.15) is 11.5 Å². The lowest BCUT2D eigenvalue weighted by Gasteiger charge is -2.19. The molecule has 7 nitrogen and oxygen atoms in total. The molecule has 1 fully saturated rings. The second-order valence-corrected chi connectivity index (χ2v) is 8.29. The second kappa shape index (κ2) is 10.4. The first kappa shape index (κ1) is 23.3. The van der Waals surface area contributed by atoms with Gasteiger partial charge in [-0.1, -0.05) is 35.9 Å². The van der Waals surface area contributed by atoms with Crippen molar-refractivity contribution >= 4 is 40.8 Å². The molecule has 1 aliphatic heterocycles. The van der Waals surface area contributed by atoms with Crippen molar-refractivity contribution in [1.29, 1.82) is 0 Å². The van der Waals surface area contributed by atoms with E-state index in [1.807, 2.05) is 37.3 Å². The van der Waals surface area contributed by atoms with Gasteiger partial charge in [-0.2, -0.15) is 0 Å². The van der Waals surface area contributed by atoms with Gasteiger partial charge in [0.25, 0.3) is 5.91 Å². The Kier molecular flexibility index (Phi) is 7.13. The number of rotatable bonds is 7. The van der Waals surface area contributed by atoms with E-state index < -0.39 is 24.4 Å². The van der Waals surface area contributed by atoms with Gasteiger partial charge in [-0.25, -0.2) is 0 Å². The van der Waals surface area contributed by atoms with Gasteiger partial charge in [0.2, 0.25) is 5.91 Å². The minimum atomic E-state index is -0.645. The van der Waals surface area contributed by atoms with E-state index in [-0.39, 0.29) is 18.9 Å². The number of para-hydroxylation sites is 1. The molecule has 1 saturated heterocycles. The molecule has 4 rings (SSSR count). The summed E-state index contributed by atoms with van der Waals surface area (Å²) in [6.07, 6.45) is 0.0231. The Morgan fingerprint density at radius 3 is 2.44 bits per heavy atom. The number of halogens is 1. The first-order valence-electron chi connectivity index (χ1n) is 10.8. The molecule has 0 aromatic heterocycles. The maximum Gasteiger partial charge on any atom is 0.311 e. The summed E-state index contributed by atoms with van der Waals surface area (Å²) < 4.78 is 10.9. The van der Waals surface area contributed by atoms with Crippen molar-refractivity contribution in [3.63, 3.8) is 0 Å². The van der Waals surface area contributed by atoms with Crippen LogP contribution >= 0.6 is 11.6 Å². The van der Waals surface area contributed by atoms with Crippen molar-refractivity contribution in [1.82, 2.24) is 0 Å². The lowest BCUT2D eigenvalue weighted by Crippen LogP contribution is -2.28. The normalized spacial score (nSPS) is 15.2. The van der Waals surface area contributed by atoms with Crippen LogP contribution in [-0.4, -0.2) is 30.9 Å². The van der Waals surface area contributed by atoms with Crippen LogP contribution < -0.4 is 15.0 Å². The molecule has 0 spiro atoms. The van der Waals surface area contributed by atoms with Gasteiger partial charge in [0.15, 0.2) is 6.61 Å². The van der Waals surface area contributed by atoms with E-state index >= 15 is 0 Å². The summed E-state index contributed by atoms with van der Waals surface area (Å²) in [5.74, 6) is -0.557. The molecular formula is C26H23ClN2O5. The van der Waals surface area contributed by atoms with Crippen LogP contribution in [0.1, 0.15) is 12.0 Å². The first-order chi connectivity index (χ1) is 16.4. The van der Waals surface area contributed by atoms with Crippen LogP contribution in [0.15, 0.2) is 72.8 Å². The summed E-state index contributed by atoms with van der Waals surface area (Å²) in [4.78, 5) is 38.7. The standard InChI is InChI=1S/C26H23ClN2O5/c1-17-22(27)8-5-9-23(17)29-15-18(14-25(29)31)26(32)33-16-24(30)28-19-10-12-21(13-11-19)34-20-6-3-2-4-7-20/h2-13,18H,14-16H2,1H3,(H,28,30)/t18-/m0/s1. The van der Waals surface area contributed by atoms with Gasteiger partial charge in [-0.05, 0) is 61.0 Å². The Morgan fingerprint density at radius 1 is 1.00 bits per heavy atom. The zero-order valence-electron chi connectivity index (χ0n) is 18.5. The Balaban J connectivity index is 1.26. The summed E-state index contributed by atoms with van der Waals surface area (Å²) in [5, 5.41) is 3.22. The summed E-state index contributed by atoms with van der Waals surface area (Å²) in [6.45, 7) is 1.56. The van der Waals surface area contributed by atoms with Crippen molar-refractivity contribution < 1.29 is 23.9 Å². The third kappa shape index (κ3) is 5.55. The van der Waals surface area contributed by atoms with Crippen LogP contribution in [-0.2, 0) is 19.1 Å². The Morgan fingerprint density at radius 2 is 1.71 bits per heavy atom. The smallest absolute Gasteiger partial charge is 0.311 e. The Hall–Kier alpha value is -3.84. The molecule has 1 N–H and O–H groups in total. The van der Waals surface area contributed by atoms with E-state index in [9.17, 15) is 14.4 Å². The van der Waals surface area contributed by atoms with Crippen molar-refractivity contribution in [2.45, 2.75) is 13.3 Å². The van der Waals surface area contributed by atoms with Crippen LogP contribution in [0, 0.1) is 12.8 Å². The number of carbonyl (C=O) groups excluding carboxylic acids is 3. The maximum absolute atomic E-state index is 12.5. The molecular weight excluding hydrogens is 456 g/mol. The lowest BCUT2D eigenvalue weighted by molar-refractivity contribution is -0.151. The van der Waals surface area contributed by atoms with Gasteiger partial charge in [-0.3, -0.25) is 14.4 Å². The summed E-state index contributed by atoms with van der Waals surface area (Å²) >= 11 is 6.15. The van der Waals surface area contributed by atoms with E-state index in [1.54, 1.807) is 42.5 Å². The number of benzene rings is 3. The SMILES string of the molecule is Cc1c(Cl)cccc1N1C[C@@H](C(=O)OCC(=O)Nc2ccc(Oc3ccccc3)cc2)CC1=O. The fraction of sp³-hybridized carbons (Fsp3) is 0.192. The number of hydrogen-bond acceptors (Lipinski definition) is 5. The van der Waals surface area contributed by atoms with Crippen LogP contribution in [0.25, 0.3) is 0 Å². The number of ether oxygens (including phenoxy) is 2. The molecule has 0 saturated carbocycles. The predicted octanol–water partition coefficient (Wildman–Crippen LogP) is 4.98. The minimum absolute atomic E-state index is 0.0231. The highest BCUT2D eigenvalue weighted by molar-refractivity contribution is 6.31. The van der Waals surface area contributed by atoms with Crippen LogP contribution in [0.5, 0.6) is 11.5 Å². The highest BCUT2D eigenvalue weighted by atomic mass is 35.5. The summed E-state index contributed by atoms with van der Waals surface area (Å²) in [5.41, 5.74) is 1.98. The Labute approximate surface area is 202 Å². The highest BCUT2D eigenvalue weighted by Gasteiger charge is 2.37. The summed E-state index contributed by atoms with van der Waals surface area (Å²) in [6, 6.07) is 21.5. The van der Waals surface area contributed by atoms with Gasteiger partial charge in [-0.15, -0.1) is 0 Å². The maximum atomic E-state index is 12.5. The molecule has 174 valence electrons. The second-order valence-electron chi connectivity index (χ2n) is 7.88. The summed E-state index contributed by atoms with van der Waals surface area (Å²) in [7, 11) is 0. The van der Waals surface area contributed by atoms with Gasteiger partial charge in [0, 0.05) is 29.4 Å². The van der Waals surface area contributed by atoms with Crippen molar-refractivity contribution in [3.05, 3.63) is 83.4 Å². The molecule has 1 atom stereocenters. The van der Waals surface area contributed by atoms with E-state index in [0.717, 1.165) is 5.56 Å². The van der Waals surface area contributed by atoms with Crippen LogP contribution in [0.3, 0.4) is 0 Å². The number of nitrogens with one attached hydrogen (secondary N) is 1. The molecule has 8 heteroatoms. The fourth-order valence-corrected chi connectivity index (χ4v) is 3.84. The molecule has 0 aliphatic carbocycles. The van der Waals surface area contributed by atoms with Gasteiger partial charge in [0.05, 0.1) is 5.92 Å². The van der Waals surface area contributed by atoms with Crippen LogP contribution in [0.2, 0.25) is 5.02 Å². The molecule has 1 heterocycles.